The maximum Gasteiger partial charge on any atom is 0.132 e. The predicted molar refractivity (Wildman–Crippen MR) is 119 cm³/mol. The summed E-state index contributed by atoms with van der Waals surface area (Å²) < 4.78 is 0. The lowest BCUT2D eigenvalue weighted by Gasteiger charge is -2.19. The van der Waals surface area contributed by atoms with Crippen LogP contribution in [-0.2, 0) is 0 Å². The normalized spacial score (nSPS) is 12.2. The molecule has 0 atom stereocenters. The Morgan fingerprint density at radius 1 is 0.464 bits per heavy atom. The first kappa shape index (κ1) is 16.1. The molecule has 0 heterocycles. The number of rotatable bonds is 0. The van der Waals surface area contributed by atoms with Crippen molar-refractivity contribution in [3.63, 3.8) is 0 Å². The highest BCUT2D eigenvalue weighted by Gasteiger charge is 2.23. The molecular weight excluding hydrogens is 391 g/mol. The lowest BCUT2D eigenvalue weighted by Crippen LogP contribution is -1.91. The van der Waals surface area contributed by atoms with Crippen molar-refractivity contribution >= 4 is 77.1 Å². The molecule has 4 heteroatoms. The first-order valence-corrected chi connectivity index (χ1v) is 9.64. The lowest BCUT2D eigenvalue weighted by atomic mass is 9.87. The van der Waals surface area contributed by atoms with Crippen molar-refractivity contribution < 1.29 is 10.2 Å². The molecule has 2 N–H and O–H groups in total. The molecule has 0 spiro atoms. The maximum atomic E-state index is 11.0. The molecule has 28 heavy (non-hydrogen) atoms. The first-order valence-electron chi connectivity index (χ1n) is 8.88. The molecule has 2 nitrogen and oxygen atoms in total. The van der Waals surface area contributed by atoms with Crippen molar-refractivity contribution in [2.45, 2.75) is 0 Å². The molecular formula is C24H12Cl2O2. The van der Waals surface area contributed by atoms with Crippen LogP contribution in [0.5, 0.6) is 11.5 Å². The van der Waals surface area contributed by atoms with Crippen LogP contribution in [0.2, 0.25) is 10.0 Å². The first-order chi connectivity index (χ1) is 13.6. The summed E-state index contributed by atoms with van der Waals surface area (Å²) in [5.41, 5.74) is 0. The van der Waals surface area contributed by atoms with Crippen molar-refractivity contribution in [2.24, 2.45) is 0 Å². The fraction of sp³-hybridized carbons (Fsp3) is 0. The van der Waals surface area contributed by atoms with Gasteiger partial charge in [0.1, 0.15) is 11.5 Å². The van der Waals surface area contributed by atoms with E-state index < -0.39 is 0 Å². The van der Waals surface area contributed by atoms with Crippen LogP contribution in [0, 0.1) is 0 Å². The third-order valence-corrected chi connectivity index (χ3v) is 6.32. The predicted octanol–water partition coefficient (Wildman–Crippen LogP) is 7.61. The van der Waals surface area contributed by atoms with Gasteiger partial charge in [-0.25, -0.2) is 0 Å². The van der Waals surface area contributed by atoms with Gasteiger partial charge in [0.25, 0.3) is 0 Å². The summed E-state index contributed by atoms with van der Waals surface area (Å²) in [7, 11) is 0. The van der Waals surface area contributed by atoms with Gasteiger partial charge in [0, 0.05) is 32.3 Å². The van der Waals surface area contributed by atoms with E-state index in [2.05, 4.69) is 0 Å². The van der Waals surface area contributed by atoms with Crippen molar-refractivity contribution in [3.05, 3.63) is 70.7 Å². The summed E-state index contributed by atoms with van der Waals surface area (Å²) >= 11 is 13.4. The molecule has 0 aliphatic rings. The molecule has 0 aliphatic heterocycles. The minimum absolute atomic E-state index is 0.145. The summed E-state index contributed by atoms with van der Waals surface area (Å²) in [4.78, 5) is 0. The smallest absolute Gasteiger partial charge is 0.132 e. The third kappa shape index (κ3) is 1.80. The fourth-order valence-electron chi connectivity index (χ4n) is 4.58. The minimum atomic E-state index is 0.145. The molecule has 0 saturated carbocycles. The van der Waals surface area contributed by atoms with E-state index in [1.807, 2.05) is 60.7 Å². The molecule has 0 amide bonds. The van der Waals surface area contributed by atoms with E-state index in [-0.39, 0.29) is 11.5 Å². The average Bonchev–Trinajstić information content (AvgIpc) is 2.71. The molecule has 6 aromatic carbocycles. The van der Waals surface area contributed by atoms with E-state index in [1.54, 1.807) is 0 Å². The van der Waals surface area contributed by atoms with Crippen molar-refractivity contribution in [1.82, 2.24) is 0 Å². The average molecular weight is 403 g/mol. The molecule has 134 valence electrons. The Kier molecular flexibility index (Phi) is 3.05. The Morgan fingerprint density at radius 3 is 1.21 bits per heavy atom. The molecule has 0 aliphatic carbocycles. The number of fused-ring (bicyclic) bond motifs is 4. The van der Waals surface area contributed by atoms with Gasteiger partial charge in [0.2, 0.25) is 0 Å². The Balaban J connectivity index is 2.10. The van der Waals surface area contributed by atoms with Crippen LogP contribution in [-0.4, -0.2) is 10.2 Å². The van der Waals surface area contributed by atoms with Crippen LogP contribution >= 0.6 is 23.2 Å². The molecule has 0 fully saturated rings. The maximum absolute atomic E-state index is 11.0. The fourth-order valence-corrected chi connectivity index (χ4v) is 5.16. The quantitative estimate of drug-likeness (QED) is 0.202. The van der Waals surface area contributed by atoms with E-state index in [4.69, 9.17) is 23.2 Å². The zero-order chi connectivity index (χ0) is 19.2. The number of halogens is 2. The SMILES string of the molecule is Oc1c2ccccc2c2cc(Cl)c3c(O)c4ccccc4c4cc(Cl)c1c2c34. The van der Waals surface area contributed by atoms with Crippen LogP contribution in [0.25, 0.3) is 53.9 Å². The number of aromatic hydroxyl groups is 2. The lowest BCUT2D eigenvalue weighted by molar-refractivity contribution is 0.487. The Hall–Kier alpha value is -2.94. The summed E-state index contributed by atoms with van der Waals surface area (Å²) in [6.07, 6.45) is 0. The molecule has 0 aromatic heterocycles. The Morgan fingerprint density at radius 2 is 0.821 bits per heavy atom. The highest BCUT2D eigenvalue weighted by Crippen LogP contribution is 2.52. The largest absolute Gasteiger partial charge is 0.507 e. The molecule has 6 rings (SSSR count). The third-order valence-electron chi connectivity index (χ3n) is 5.73. The van der Waals surface area contributed by atoms with Gasteiger partial charge >= 0.3 is 0 Å². The monoisotopic (exact) mass is 402 g/mol. The number of phenolic OH excluding ortho intramolecular Hbond substituents is 2. The summed E-state index contributed by atoms with van der Waals surface area (Å²) in [6, 6.07) is 19.0. The van der Waals surface area contributed by atoms with E-state index in [1.165, 1.54) is 0 Å². The highest BCUT2D eigenvalue weighted by atomic mass is 35.5. The summed E-state index contributed by atoms with van der Waals surface area (Å²) in [5, 5.41) is 30.9. The van der Waals surface area contributed by atoms with Crippen molar-refractivity contribution in [1.29, 1.82) is 0 Å². The van der Waals surface area contributed by atoms with Crippen LogP contribution in [0.15, 0.2) is 60.7 Å². The van der Waals surface area contributed by atoms with Crippen molar-refractivity contribution in [2.75, 3.05) is 0 Å². The number of benzene rings is 6. The zero-order valence-electron chi connectivity index (χ0n) is 14.4. The Labute approximate surface area is 169 Å². The highest BCUT2D eigenvalue weighted by molar-refractivity contribution is 6.48. The second-order valence-electron chi connectivity index (χ2n) is 7.10. The van der Waals surface area contributed by atoms with Gasteiger partial charge in [-0.2, -0.15) is 0 Å². The minimum Gasteiger partial charge on any atom is -0.507 e. The van der Waals surface area contributed by atoms with Gasteiger partial charge in [-0.05, 0) is 33.7 Å². The van der Waals surface area contributed by atoms with Gasteiger partial charge in [-0.1, -0.05) is 71.7 Å². The number of phenols is 2. The molecule has 0 saturated heterocycles. The summed E-state index contributed by atoms with van der Waals surface area (Å²) in [6.45, 7) is 0. The second kappa shape index (κ2) is 5.32. The standard InChI is InChI=1S/C24H12Cl2O2/c25-17-9-15-11-5-1-3-7-13(11)23(27)21-18(26)10-16-12-6-2-4-8-14(12)24(28)22(17)20(16)19(15)21/h1-10,27-28H. The van der Waals surface area contributed by atoms with Crippen LogP contribution in [0.1, 0.15) is 0 Å². The summed E-state index contributed by atoms with van der Waals surface area (Å²) in [5.74, 6) is 0.289. The van der Waals surface area contributed by atoms with E-state index >= 15 is 0 Å². The van der Waals surface area contributed by atoms with E-state index in [9.17, 15) is 10.2 Å². The van der Waals surface area contributed by atoms with Gasteiger partial charge in [-0.3, -0.25) is 0 Å². The molecule has 0 radical (unpaired) electrons. The number of hydrogen-bond acceptors (Lipinski definition) is 2. The van der Waals surface area contributed by atoms with Gasteiger partial charge in [0.05, 0.1) is 10.0 Å². The second-order valence-corrected chi connectivity index (χ2v) is 7.91. The van der Waals surface area contributed by atoms with Crippen molar-refractivity contribution in [3.8, 4) is 11.5 Å². The topological polar surface area (TPSA) is 40.5 Å². The van der Waals surface area contributed by atoms with Crippen LogP contribution in [0.3, 0.4) is 0 Å². The zero-order valence-corrected chi connectivity index (χ0v) is 15.9. The van der Waals surface area contributed by atoms with Gasteiger partial charge < -0.3 is 10.2 Å². The number of hydrogen-bond donors (Lipinski definition) is 2. The van der Waals surface area contributed by atoms with Crippen LogP contribution < -0.4 is 0 Å². The van der Waals surface area contributed by atoms with E-state index in [0.29, 0.717) is 20.8 Å². The molecule has 6 aromatic rings. The molecule has 0 bridgehead atoms. The van der Waals surface area contributed by atoms with Gasteiger partial charge in [-0.15, -0.1) is 0 Å². The van der Waals surface area contributed by atoms with E-state index in [0.717, 1.165) is 43.1 Å². The van der Waals surface area contributed by atoms with Gasteiger partial charge in [0.15, 0.2) is 0 Å². The Bertz CT molecular complexity index is 1480. The molecule has 0 unspecified atom stereocenters. The van der Waals surface area contributed by atoms with Crippen LogP contribution in [0.4, 0.5) is 0 Å².